The van der Waals surface area contributed by atoms with Crippen LogP contribution < -0.4 is 0 Å². The van der Waals surface area contributed by atoms with E-state index in [9.17, 15) is 13.2 Å². The van der Waals surface area contributed by atoms with E-state index in [1.54, 1.807) is 13.8 Å². The number of sulfone groups is 1. The zero-order valence-electron chi connectivity index (χ0n) is 8.05. The molecular formula is C8H16O3S. The minimum atomic E-state index is -3.26. The summed E-state index contributed by atoms with van der Waals surface area (Å²) in [6.45, 7) is 6.17. The van der Waals surface area contributed by atoms with Crippen molar-refractivity contribution < 1.29 is 13.2 Å². The Bertz CT molecular complexity index is 262. The van der Waals surface area contributed by atoms with E-state index in [0.29, 0.717) is 0 Å². The lowest BCUT2D eigenvalue weighted by molar-refractivity contribution is -0.120. The lowest BCUT2D eigenvalue weighted by Crippen LogP contribution is -2.41. The molecule has 0 aliphatic heterocycles. The number of carbonyl (C=O) groups excluding carboxylic acids is 1. The van der Waals surface area contributed by atoms with Crippen LogP contribution in [0.1, 0.15) is 34.1 Å². The van der Waals surface area contributed by atoms with Gasteiger partial charge in [-0.15, -0.1) is 0 Å². The summed E-state index contributed by atoms with van der Waals surface area (Å²) < 4.78 is 21.6. The summed E-state index contributed by atoms with van der Waals surface area (Å²) >= 11 is 0. The van der Waals surface area contributed by atoms with E-state index < -0.39 is 14.6 Å². The van der Waals surface area contributed by atoms with Gasteiger partial charge in [0.2, 0.25) is 0 Å². The van der Waals surface area contributed by atoms with Gasteiger partial charge in [0.25, 0.3) is 0 Å². The maximum Gasteiger partial charge on any atom is 0.162 e. The van der Waals surface area contributed by atoms with E-state index in [4.69, 9.17) is 0 Å². The van der Waals surface area contributed by atoms with E-state index in [1.165, 1.54) is 13.8 Å². The average Bonchev–Trinajstić information content (AvgIpc) is 2.02. The summed E-state index contributed by atoms with van der Waals surface area (Å²) in [5.41, 5.74) is 0. The van der Waals surface area contributed by atoms with Gasteiger partial charge < -0.3 is 0 Å². The molecule has 0 fully saturated rings. The van der Waals surface area contributed by atoms with E-state index >= 15 is 0 Å². The van der Waals surface area contributed by atoms with Crippen molar-refractivity contribution in [3.63, 3.8) is 0 Å². The van der Waals surface area contributed by atoms with Crippen LogP contribution >= 0.6 is 0 Å². The van der Waals surface area contributed by atoms with Gasteiger partial charge in [-0.3, -0.25) is 4.79 Å². The van der Waals surface area contributed by atoms with Crippen LogP contribution in [-0.4, -0.2) is 24.7 Å². The van der Waals surface area contributed by atoms with Crippen molar-refractivity contribution in [3.8, 4) is 0 Å². The number of rotatable bonds is 4. The highest BCUT2D eigenvalue weighted by molar-refractivity contribution is 7.93. The van der Waals surface area contributed by atoms with Gasteiger partial charge >= 0.3 is 0 Å². The van der Waals surface area contributed by atoms with Gasteiger partial charge in [0.05, 0.1) is 0 Å². The van der Waals surface area contributed by atoms with Gasteiger partial charge in [-0.25, -0.2) is 8.42 Å². The highest BCUT2D eigenvalue weighted by Crippen LogP contribution is 2.19. The smallest absolute Gasteiger partial charge is 0.162 e. The second-order valence-corrected chi connectivity index (χ2v) is 6.02. The summed E-state index contributed by atoms with van der Waals surface area (Å²) in [6.07, 6.45) is 0.270. The second kappa shape index (κ2) is 3.56. The van der Waals surface area contributed by atoms with Crippen molar-refractivity contribution in [3.05, 3.63) is 0 Å². The molecule has 0 saturated carbocycles. The Labute approximate surface area is 74.1 Å². The standard InChI is InChI=1S/C8H16O3S/c1-5-7(9)8(3,4)12(10,11)6-2/h5-6H2,1-4H3. The molecule has 0 N–H and O–H groups in total. The Kier molecular flexibility index (Phi) is 3.45. The van der Waals surface area contributed by atoms with Crippen LogP contribution in [0.2, 0.25) is 0 Å². The van der Waals surface area contributed by atoms with Crippen LogP contribution in [0, 0.1) is 0 Å². The van der Waals surface area contributed by atoms with Gasteiger partial charge in [0.15, 0.2) is 15.6 Å². The third-order valence-corrected chi connectivity index (χ3v) is 4.69. The summed E-state index contributed by atoms with van der Waals surface area (Å²) in [6, 6.07) is 0. The third kappa shape index (κ3) is 1.86. The highest BCUT2D eigenvalue weighted by Gasteiger charge is 2.38. The van der Waals surface area contributed by atoms with Crippen molar-refractivity contribution in [1.82, 2.24) is 0 Å². The SMILES string of the molecule is CCC(=O)C(C)(C)S(=O)(=O)CC. The monoisotopic (exact) mass is 192 g/mol. The Hall–Kier alpha value is -0.380. The van der Waals surface area contributed by atoms with E-state index in [0.717, 1.165) is 0 Å². The molecule has 0 spiro atoms. The predicted octanol–water partition coefficient (Wildman–Crippen LogP) is 1.18. The maximum atomic E-state index is 11.4. The lowest BCUT2D eigenvalue weighted by atomic mass is 10.1. The lowest BCUT2D eigenvalue weighted by Gasteiger charge is -2.21. The van der Waals surface area contributed by atoms with E-state index in [1.807, 2.05) is 0 Å². The van der Waals surface area contributed by atoms with Crippen molar-refractivity contribution in [1.29, 1.82) is 0 Å². The highest BCUT2D eigenvalue weighted by atomic mass is 32.2. The van der Waals surface area contributed by atoms with Crippen LogP contribution in [0.5, 0.6) is 0 Å². The zero-order valence-corrected chi connectivity index (χ0v) is 8.86. The molecule has 12 heavy (non-hydrogen) atoms. The zero-order chi connectivity index (χ0) is 9.99. The molecule has 0 aromatic carbocycles. The first-order valence-electron chi connectivity index (χ1n) is 4.05. The number of carbonyl (C=O) groups is 1. The number of Topliss-reactive ketones (excluding diaryl/α,β-unsaturated/α-hetero) is 1. The number of hydrogen-bond donors (Lipinski definition) is 0. The number of ketones is 1. The molecule has 0 bridgehead atoms. The van der Waals surface area contributed by atoms with E-state index in [-0.39, 0.29) is 18.0 Å². The Balaban J connectivity index is 4.99. The van der Waals surface area contributed by atoms with Crippen LogP contribution in [0.25, 0.3) is 0 Å². The van der Waals surface area contributed by atoms with Gasteiger partial charge in [0, 0.05) is 12.2 Å². The van der Waals surface area contributed by atoms with E-state index in [2.05, 4.69) is 0 Å². The molecular weight excluding hydrogens is 176 g/mol. The quantitative estimate of drug-likeness (QED) is 0.672. The molecule has 3 nitrogen and oxygen atoms in total. The second-order valence-electron chi connectivity index (χ2n) is 3.19. The van der Waals surface area contributed by atoms with Crippen LogP contribution in [0.3, 0.4) is 0 Å². The molecule has 0 heterocycles. The minimum absolute atomic E-state index is 0.0196. The van der Waals surface area contributed by atoms with Crippen molar-refractivity contribution in [2.45, 2.75) is 38.9 Å². The molecule has 0 unspecified atom stereocenters. The first kappa shape index (κ1) is 11.6. The molecule has 0 amide bonds. The van der Waals surface area contributed by atoms with Gasteiger partial charge in [0.1, 0.15) is 4.75 Å². The first-order valence-corrected chi connectivity index (χ1v) is 5.70. The van der Waals surface area contributed by atoms with Crippen LogP contribution in [-0.2, 0) is 14.6 Å². The first-order chi connectivity index (χ1) is 5.29. The summed E-state index contributed by atoms with van der Waals surface area (Å²) in [7, 11) is -3.26. The van der Waals surface area contributed by atoms with Gasteiger partial charge in [-0.2, -0.15) is 0 Å². The minimum Gasteiger partial charge on any atom is -0.298 e. The fourth-order valence-electron chi connectivity index (χ4n) is 0.960. The molecule has 0 radical (unpaired) electrons. The summed E-state index contributed by atoms with van der Waals surface area (Å²) in [4.78, 5) is 11.3. The molecule has 72 valence electrons. The van der Waals surface area contributed by atoms with Crippen molar-refractivity contribution in [2.75, 3.05) is 5.75 Å². The fraction of sp³-hybridized carbons (Fsp3) is 0.875. The molecule has 0 atom stereocenters. The molecule has 0 aliphatic rings. The summed E-state index contributed by atoms with van der Waals surface area (Å²) in [5.74, 6) is -0.199. The molecule has 0 rings (SSSR count). The predicted molar refractivity (Wildman–Crippen MR) is 48.8 cm³/mol. The largest absolute Gasteiger partial charge is 0.298 e. The summed E-state index contributed by atoms with van der Waals surface area (Å²) in [5, 5.41) is 0. The Morgan fingerprint density at radius 3 is 1.92 bits per heavy atom. The van der Waals surface area contributed by atoms with Crippen LogP contribution in [0.4, 0.5) is 0 Å². The van der Waals surface area contributed by atoms with Gasteiger partial charge in [-0.1, -0.05) is 13.8 Å². The average molecular weight is 192 g/mol. The fourth-order valence-corrected chi connectivity index (χ4v) is 2.17. The molecule has 0 aliphatic carbocycles. The Morgan fingerprint density at radius 1 is 1.25 bits per heavy atom. The third-order valence-electron chi connectivity index (χ3n) is 2.15. The Morgan fingerprint density at radius 2 is 1.67 bits per heavy atom. The molecule has 0 aromatic rings. The molecule has 0 aromatic heterocycles. The number of hydrogen-bond acceptors (Lipinski definition) is 3. The van der Waals surface area contributed by atoms with Crippen molar-refractivity contribution >= 4 is 15.6 Å². The maximum absolute atomic E-state index is 11.4. The normalized spacial score (nSPS) is 13.0. The molecule has 4 heteroatoms. The van der Waals surface area contributed by atoms with Crippen molar-refractivity contribution in [2.24, 2.45) is 0 Å². The topological polar surface area (TPSA) is 51.2 Å². The molecule has 0 saturated heterocycles. The van der Waals surface area contributed by atoms with Gasteiger partial charge in [-0.05, 0) is 13.8 Å². The van der Waals surface area contributed by atoms with Crippen LogP contribution in [0.15, 0.2) is 0 Å².